The molecule has 0 aliphatic heterocycles. The number of methoxy groups -OCH3 is 1. The third-order valence-electron chi connectivity index (χ3n) is 5.08. The number of ether oxygens (including phenoxy) is 1. The summed E-state index contributed by atoms with van der Waals surface area (Å²) in [6, 6.07) is 23.9. The number of benzene rings is 2. The van der Waals surface area contributed by atoms with E-state index in [9.17, 15) is 9.59 Å². The highest BCUT2D eigenvalue weighted by atomic mass is 16.5. The highest BCUT2D eigenvalue weighted by molar-refractivity contribution is 6.09. The molecule has 1 N–H and O–H groups in total. The first-order valence-electron chi connectivity index (χ1n) is 10.4. The summed E-state index contributed by atoms with van der Waals surface area (Å²) in [4.78, 5) is 32.8. The van der Waals surface area contributed by atoms with Crippen LogP contribution in [0, 0.1) is 0 Å². The number of nitrogens with zero attached hydrogens (tertiary/aromatic N) is 2. The predicted molar refractivity (Wildman–Crippen MR) is 124 cm³/mol. The van der Waals surface area contributed by atoms with Crippen molar-refractivity contribution in [1.29, 1.82) is 0 Å². The van der Waals surface area contributed by atoms with Crippen molar-refractivity contribution in [3.63, 3.8) is 0 Å². The Hall–Kier alpha value is -4.39. The Morgan fingerprint density at radius 2 is 1.73 bits per heavy atom. The Morgan fingerprint density at radius 1 is 0.970 bits per heavy atom. The highest BCUT2D eigenvalue weighted by Crippen LogP contribution is 2.36. The SMILES string of the molecule is COc1ccccc1N(C(=O)c1ccccn1)[C@H](C(=O)NCc1ccccc1)c1ccco1. The van der Waals surface area contributed by atoms with Crippen molar-refractivity contribution in [2.75, 3.05) is 12.0 Å². The zero-order chi connectivity index (χ0) is 23.0. The second-order valence-electron chi connectivity index (χ2n) is 7.18. The van der Waals surface area contributed by atoms with E-state index in [-0.39, 0.29) is 5.69 Å². The summed E-state index contributed by atoms with van der Waals surface area (Å²) in [5.41, 5.74) is 1.55. The minimum absolute atomic E-state index is 0.191. The molecule has 7 heteroatoms. The Balaban J connectivity index is 1.78. The molecule has 1 atom stereocenters. The first kappa shape index (κ1) is 21.8. The fourth-order valence-electron chi connectivity index (χ4n) is 3.51. The summed E-state index contributed by atoms with van der Waals surface area (Å²) in [5.74, 6) is -0.106. The summed E-state index contributed by atoms with van der Waals surface area (Å²) in [7, 11) is 1.51. The van der Waals surface area contributed by atoms with E-state index in [0.717, 1.165) is 5.56 Å². The number of carbonyl (C=O) groups is 2. The molecule has 0 saturated carbocycles. The molecule has 0 unspecified atom stereocenters. The number of carbonyl (C=O) groups excluding carboxylic acids is 2. The van der Waals surface area contributed by atoms with Gasteiger partial charge in [-0.25, -0.2) is 0 Å². The molecule has 0 radical (unpaired) electrons. The second-order valence-corrected chi connectivity index (χ2v) is 7.18. The number of furan rings is 1. The summed E-state index contributed by atoms with van der Waals surface area (Å²) in [6.45, 7) is 0.300. The van der Waals surface area contributed by atoms with Gasteiger partial charge in [-0.15, -0.1) is 0 Å². The van der Waals surface area contributed by atoms with Crippen molar-refractivity contribution in [2.24, 2.45) is 0 Å². The van der Waals surface area contributed by atoms with Crippen LogP contribution in [0.2, 0.25) is 0 Å². The van der Waals surface area contributed by atoms with Crippen LogP contribution in [0.15, 0.2) is 102 Å². The molecule has 4 aromatic rings. The van der Waals surface area contributed by atoms with Gasteiger partial charge in [0.05, 0.1) is 19.1 Å². The van der Waals surface area contributed by atoms with Crippen LogP contribution in [0.25, 0.3) is 0 Å². The van der Waals surface area contributed by atoms with Crippen molar-refractivity contribution >= 4 is 17.5 Å². The van der Waals surface area contributed by atoms with E-state index < -0.39 is 17.9 Å². The molecule has 0 spiro atoms. The summed E-state index contributed by atoms with van der Waals surface area (Å²) in [6.07, 6.45) is 3.00. The van der Waals surface area contributed by atoms with Crippen LogP contribution >= 0.6 is 0 Å². The number of pyridine rings is 1. The zero-order valence-corrected chi connectivity index (χ0v) is 18.0. The summed E-state index contributed by atoms with van der Waals surface area (Å²) >= 11 is 0. The fourth-order valence-corrected chi connectivity index (χ4v) is 3.51. The van der Waals surface area contributed by atoms with Crippen molar-refractivity contribution in [3.05, 3.63) is 114 Å². The van der Waals surface area contributed by atoms with Crippen molar-refractivity contribution in [1.82, 2.24) is 10.3 Å². The third-order valence-corrected chi connectivity index (χ3v) is 5.08. The van der Waals surface area contributed by atoms with Gasteiger partial charge in [0.2, 0.25) is 0 Å². The number of aromatic nitrogens is 1. The fraction of sp³-hybridized carbons (Fsp3) is 0.115. The van der Waals surface area contributed by atoms with Crippen LogP contribution in [0.4, 0.5) is 5.69 Å². The van der Waals surface area contributed by atoms with Gasteiger partial charge in [0, 0.05) is 12.7 Å². The van der Waals surface area contributed by atoms with Crippen LogP contribution in [0.1, 0.15) is 27.9 Å². The highest BCUT2D eigenvalue weighted by Gasteiger charge is 2.37. The molecular weight excluding hydrogens is 418 g/mol. The van der Waals surface area contributed by atoms with E-state index in [1.807, 2.05) is 30.3 Å². The molecule has 4 rings (SSSR count). The van der Waals surface area contributed by atoms with E-state index in [1.165, 1.54) is 24.5 Å². The standard InChI is InChI=1S/C26H23N3O4/c1-32-22-14-6-5-13-21(22)29(26(31)20-12-7-8-16-27-20)24(23-15-9-17-33-23)25(30)28-18-19-10-3-2-4-11-19/h2-17,24H,18H2,1H3,(H,28,30)/t24-/m0/s1. The maximum atomic E-state index is 13.7. The van der Waals surface area contributed by atoms with Gasteiger partial charge in [-0.05, 0) is 42.0 Å². The molecule has 7 nitrogen and oxygen atoms in total. The molecule has 0 aliphatic carbocycles. The largest absolute Gasteiger partial charge is 0.495 e. The molecule has 0 bridgehead atoms. The van der Waals surface area contributed by atoms with Crippen LogP contribution < -0.4 is 15.0 Å². The topological polar surface area (TPSA) is 84.7 Å². The van der Waals surface area contributed by atoms with E-state index in [4.69, 9.17) is 9.15 Å². The molecule has 2 aromatic carbocycles. The number of amides is 2. The van der Waals surface area contributed by atoms with Crippen LogP contribution in [0.5, 0.6) is 5.75 Å². The lowest BCUT2D eigenvalue weighted by molar-refractivity contribution is -0.123. The average Bonchev–Trinajstić information content (AvgIpc) is 3.41. The third kappa shape index (κ3) is 4.93. The van der Waals surface area contributed by atoms with Gasteiger partial charge in [-0.3, -0.25) is 19.5 Å². The maximum Gasteiger partial charge on any atom is 0.278 e. The van der Waals surface area contributed by atoms with Crippen LogP contribution in [-0.2, 0) is 11.3 Å². The molecule has 2 aromatic heterocycles. The number of para-hydroxylation sites is 2. The molecule has 0 saturated heterocycles. The van der Waals surface area contributed by atoms with Gasteiger partial charge < -0.3 is 14.5 Å². The van der Waals surface area contributed by atoms with E-state index >= 15 is 0 Å². The van der Waals surface area contributed by atoms with Gasteiger partial charge in [0.15, 0.2) is 6.04 Å². The van der Waals surface area contributed by atoms with Crippen molar-refractivity contribution in [3.8, 4) is 5.75 Å². The van der Waals surface area contributed by atoms with Crippen LogP contribution in [-0.4, -0.2) is 23.9 Å². The molecule has 33 heavy (non-hydrogen) atoms. The Bertz CT molecular complexity index is 1190. The number of rotatable bonds is 8. The van der Waals surface area contributed by atoms with E-state index in [1.54, 1.807) is 54.6 Å². The molecule has 2 heterocycles. The molecule has 166 valence electrons. The van der Waals surface area contributed by atoms with Gasteiger partial charge in [0.25, 0.3) is 11.8 Å². The Labute approximate surface area is 191 Å². The van der Waals surface area contributed by atoms with E-state index in [0.29, 0.717) is 23.7 Å². The minimum atomic E-state index is -1.09. The smallest absolute Gasteiger partial charge is 0.278 e. The molecule has 2 amide bonds. The normalized spacial score (nSPS) is 11.4. The summed E-state index contributed by atoms with van der Waals surface area (Å²) in [5, 5.41) is 2.93. The number of hydrogen-bond acceptors (Lipinski definition) is 5. The Kier molecular flexibility index (Phi) is 6.80. The Morgan fingerprint density at radius 3 is 2.42 bits per heavy atom. The lowest BCUT2D eigenvalue weighted by atomic mass is 10.1. The lowest BCUT2D eigenvalue weighted by Crippen LogP contribution is -2.44. The van der Waals surface area contributed by atoms with Gasteiger partial charge in [-0.1, -0.05) is 48.5 Å². The van der Waals surface area contributed by atoms with E-state index in [2.05, 4.69) is 10.3 Å². The maximum absolute atomic E-state index is 13.7. The van der Waals surface area contributed by atoms with Crippen molar-refractivity contribution in [2.45, 2.75) is 12.6 Å². The van der Waals surface area contributed by atoms with Gasteiger partial charge in [-0.2, -0.15) is 0 Å². The molecule has 0 aliphatic rings. The second kappa shape index (κ2) is 10.3. The van der Waals surface area contributed by atoms with Gasteiger partial charge >= 0.3 is 0 Å². The average molecular weight is 441 g/mol. The van der Waals surface area contributed by atoms with Gasteiger partial charge in [0.1, 0.15) is 17.2 Å². The number of anilines is 1. The van der Waals surface area contributed by atoms with Crippen LogP contribution in [0.3, 0.4) is 0 Å². The predicted octanol–water partition coefficient (Wildman–Crippen LogP) is 4.39. The first-order valence-corrected chi connectivity index (χ1v) is 10.4. The monoisotopic (exact) mass is 441 g/mol. The van der Waals surface area contributed by atoms with Crippen molar-refractivity contribution < 1.29 is 18.7 Å². The lowest BCUT2D eigenvalue weighted by Gasteiger charge is -2.30. The number of nitrogens with one attached hydrogen (secondary N) is 1. The molecular formula is C26H23N3O4. The first-order chi connectivity index (χ1) is 16.2. The minimum Gasteiger partial charge on any atom is -0.495 e. The molecule has 0 fully saturated rings. The zero-order valence-electron chi connectivity index (χ0n) is 18.0. The number of hydrogen-bond donors (Lipinski definition) is 1. The quantitative estimate of drug-likeness (QED) is 0.438. The summed E-state index contributed by atoms with van der Waals surface area (Å²) < 4.78 is 11.1.